The summed E-state index contributed by atoms with van der Waals surface area (Å²) in [6, 6.07) is 27.0. The Morgan fingerprint density at radius 3 is 2.23 bits per heavy atom. The summed E-state index contributed by atoms with van der Waals surface area (Å²) < 4.78 is 5.54. The van der Waals surface area contributed by atoms with Crippen molar-refractivity contribution >= 4 is 22.4 Å². The van der Waals surface area contributed by atoms with E-state index in [9.17, 15) is 4.79 Å². The summed E-state index contributed by atoms with van der Waals surface area (Å²) in [6.45, 7) is 2.63. The molecule has 4 aromatic rings. The highest BCUT2D eigenvalue weighted by atomic mass is 16.5. The zero-order valence-corrected chi connectivity index (χ0v) is 16.9. The van der Waals surface area contributed by atoms with Crippen LogP contribution < -0.4 is 10.1 Å². The molecule has 1 amide bonds. The van der Waals surface area contributed by atoms with Crippen LogP contribution in [0.25, 0.3) is 10.8 Å². The van der Waals surface area contributed by atoms with Crippen molar-refractivity contribution in [2.24, 2.45) is 0 Å². The predicted molar refractivity (Wildman–Crippen MR) is 122 cm³/mol. The van der Waals surface area contributed by atoms with E-state index in [4.69, 9.17) is 4.74 Å². The fourth-order valence-electron chi connectivity index (χ4n) is 4.31. The van der Waals surface area contributed by atoms with E-state index < -0.39 is 0 Å². The van der Waals surface area contributed by atoms with E-state index in [2.05, 4.69) is 59.9 Å². The zero-order valence-electron chi connectivity index (χ0n) is 16.9. The van der Waals surface area contributed by atoms with Gasteiger partial charge in [0, 0.05) is 11.1 Å². The van der Waals surface area contributed by atoms with Crippen molar-refractivity contribution in [3.8, 4) is 5.75 Å². The van der Waals surface area contributed by atoms with Crippen molar-refractivity contribution < 1.29 is 9.53 Å². The number of hydrogen-bond donors (Lipinski definition) is 1. The lowest BCUT2D eigenvalue weighted by molar-refractivity contribution is 0.103. The van der Waals surface area contributed by atoms with Gasteiger partial charge >= 0.3 is 0 Å². The highest BCUT2D eigenvalue weighted by Gasteiger charge is 2.25. The minimum absolute atomic E-state index is 0.00611. The Morgan fingerprint density at radius 2 is 1.47 bits per heavy atom. The molecule has 1 N–H and O–H groups in total. The molecule has 0 aromatic heterocycles. The van der Waals surface area contributed by atoms with E-state index in [0.717, 1.165) is 45.3 Å². The first-order valence-corrected chi connectivity index (χ1v) is 10.4. The summed E-state index contributed by atoms with van der Waals surface area (Å²) in [6.07, 6.45) is 1.57. The molecular weight excluding hydrogens is 370 g/mol. The highest BCUT2D eigenvalue weighted by molar-refractivity contribution is 6.25. The second-order valence-electron chi connectivity index (χ2n) is 7.66. The molecule has 5 rings (SSSR count). The van der Waals surface area contributed by atoms with Gasteiger partial charge in [0.25, 0.3) is 5.91 Å². The van der Waals surface area contributed by atoms with Gasteiger partial charge in [-0.3, -0.25) is 4.79 Å². The first kappa shape index (κ1) is 18.4. The number of anilines is 1. The summed E-state index contributed by atoms with van der Waals surface area (Å²) in [4.78, 5) is 12.8. The number of carbonyl (C=O) groups is 1. The van der Waals surface area contributed by atoms with Crippen LogP contribution in [0.1, 0.15) is 39.5 Å². The molecule has 0 bridgehead atoms. The van der Waals surface area contributed by atoms with E-state index in [0.29, 0.717) is 13.0 Å². The van der Waals surface area contributed by atoms with Gasteiger partial charge in [-0.25, -0.2) is 0 Å². The van der Waals surface area contributed by atoms with Gasteiger partial charge in [0.15, 0.2) is 0 Å². The molecule has 3 nitrogen and oxygen atoms in total. The Morgan fingerprint density at radius 1 is 0.767 bits per heavy atom. The monoisotopic (exact) mass is 393 g/mol. The van der Waals surface area contributed by atoms with Crippen molar-refractivity contribution in [2.45, 2.75) is 19.8 Å². The summed E-state index contributed by atoms with van der Waals surface area (Å²) in [5.74, 6) is 0.864. The molecule has 1 heterocycles. The van der Waals surface area contributed by atoms with Gasteiger partial charge < -0.3 is 10.1 Å². The van der Waals surface area contributed by atoms with E-state index in [-0.39, 0.29) is 5.91 Å². The van der Waals surface area contributed by atoms with Gasteiger partial charge in [-0.1, -0.05) is 60.7 Å². The average Bonchev–Trinajstić information content (AvgIpc) is 3.11. The third-order valence-corrected chi connectivity index (χ3v) is 5.70. The number of nitrogens with one attached hydrogen (secondary N) is 1. The highest BCUT2D eigenvalue weighted by Crippen LogP contribution is 2.38. The van der Waals surface area contributed by atoms with Crippen LogP contribution in [0, 0.1) is 0 Å². The number of hydrogen-bond acceptors (Lipinski definition) is 2. The molecule has 30 heavy (non-hydrogen) atoms. The van der Waals surface area contributed by atoms with Crippen LogP contribution in [0.2, 0.25) is 0 Å². The fourth-order valence-corrected chi connectivity index (χ4v) is 4.31. The third kappa shape index (κ3) is 3.33. The van der Waals surface area contributed by atoms with Gasteiger partial charge in [0.1, 0.15) is 5.75 Å². The van der Waals surface area contributed by atoms with Crippen molar-refractivity contribution in [1.82, 2.24) is 0 Å². The predicted octanol–water partition coefficient (Wildman–Crippen LogP) is 5.99. The Labute approximate surface area is 176 Å². The smallest absolute Gasteiger partial charge is 0.256 e. The van der Waals surface area contributed by atoms with Crippen LogP contribution in [0.3, 0.4) is 0 Å². The van der Waals surface area contributed by atoms with Crippen LogP contribution in [-0.4, -0.2) is 12.5 Å². The minimum atomic E-state index is -0.00611. The zero-order chi connectivity index (χ0) is 20.5. The standard InChI is InChI=1S/C27H23NO2/c1-2-30-22-12-8-19(9-13-22)17-21-10-14-23-20(16-18-6-4-3-5-7-18)11-15-24-26(23)25(21)27(29)28-24/h3-15H,2,16-17H2,1H3,(H,28,29). The topological polar surface area (TPSA) is 38.3 Å². The van der Waals surface area contributed by atoms with Gasteiger partial charge in [-0.15, -0.1) is 0 Å². The molecule has 148 valence electrons. The van der Waals surface area contributed by atoms with Gasteiger partial charge in [0.2, 0.25) is 0 Å². The van der Waals surface area contributed by atoms with Crippen molar-refractivity contribution in [2.75, 3.05) is 11.9 Å². The largest absolute Gasteiger partial charge is 0.494 e. The second-order valence-corrected chi connectivity index (χ2v) is 7.66. The average molecular weight is 393 g/mol. The first-order valence-electron chi connectivity index (χ1n) is 10.4. The van der Waals surface area contributed by atoms with E-state index >= 15 is 0 Å². The molecule has 0 saturated heterocycles. The minimum Gasteiger partial charge on any atom is -0.494 e. The van der Waals surface area contributed by atoms with Crippen molar-refractivity contribution in [3.05, 3.63) is 107 Å². The lowest BCUT2D eigenvalue weighted by Gasteiger charge is -2.12. The summed E-state index contributed by atoms with van der Waals surface area (Å²) in [7, 11) is 0. The third-order valence-electron chi connectivity index (χ3n) is 5.70. The SMILES string of the molecule is CCOc1ccc(Cc2ccc3c(Cc4ccccc4)ccc4c3c2C(=O)N4)cc1. The molecule has 0 fully saturated rings. The van der Waals surface area contributed by atoms with E-state index in [1.165, 1.54) is 11.1 Å². The molecule has 3 heteroatoms. The van der Waals surface area contributed by atoms with Crippen LogP contribution in [-0.2, 0) is 12.8 Å². The van der Waals surface area contributed by atoms with Crippen LogP contribution in [0.5, 0.6) is 5.75 Å². The Bertz CT molecular complexity index is 1230. The summed E-state index contributed by atoms with van der Waals surface area (Å²) >= 11 is 0. The molecule has 1 aliphatic rings. The fraction of sp³-hybridized carbons (Fsp3) is 0.148. The maximum atomic E-state index is 12.8. The summed E-state index contributed by atoms with van der Waals surface area (Å²) in [5, 5.41) is 5.26. The number of ether oxygens (including phenoxy) is 1. The maximum absolute atomic E-state index is 12.8. The van der Waals surface area contributed by atoms with E-state index in [1.54, 1.807) is 0 Å². The molecule has 0 saturated carbocycles. The lowest BCUT2D eigenvalue weighted by Crippen LogP contribution is -2.07. The molecule has 1 aliphatic heterocycles. The number of benzene rings is 4. The van der Waals surface area contributed by atoms with Crippen LogP contribution in [0.15, 0.2) is 78.9 Å². The van der Waals surface area contributed by atoms with Crippen LogP contribution >= 0.6 is 0 Å². The lowest BCUT2D eigenvalue weighted by atomic mass is 9.91. The molecule has 0 aliphatic carbocycles. The number of amides is 1. The number of rotatable bonds is 6. The first-order chi connectivity index (χ1) is 14.7. The normalized spacial score (nSPS) is 12.2. The van der Waals surface area contributed by atoms with Crippen LogP contribution in [0.4, 0.5) is 5.69 Å². The molecule has 0 atom stereocenters. The second kappa shape index (κ2) is 7.68. The molecule has 0 spiro atoms. The number of carbonyl (C=O) groups excluding carboxylic acids is 1. The summed E-state index contributed by atoms with van der Waals surface area (Å²) in [5.41, 5.74) is 6.45. The maximum Gasteiger partial charge on any atom is 0.256 e. The van der Waals surface area contributed by atoms with E-state index in [1.807, 2.05) is 31.2 Å². The Balaban J connectivity index is 1.54. The van der Waals surface area contributed by atoms with Crippen molar-refractivity contribution in [1.29, 1.82) is 0 Å². The Hall–Kier alpha value is -3.59. The Kier molecular flexibility index (Phi) is 4.72. The van der Waals surface area contributed by atoms with Gasteiger partial charge in [-0.05, 0) is 65.6 Å². The van der Waals surface area contributed by atoms with Gasteiger partial charge in [-0.2, -0.15) is 0 Å². The molecule has 0 unspecified atom stereocenters. The quantitative estimate of drug-likeness (QED) is 0.437. The molecule has 4 aromatic carbocycles. The van der Waals surface area contributed by atoms with Crippen molar-refractivity contribution in [3.63, 3.8) is 0 Å². The molecule has 0 radical (unpaired) electrons. The molecular formula is C27H23NO2. The van der Waals surface area contributed by atoms with Gasteiger partial charge in [0.05, 0.1) is 12.2 Å².